The second-order valence-electron chi connectivity index (χ2n) is 2.41. The number of hydrogen-bond donors (Lipinski definition) is 0. The molecule has 0 bridgehead atoms. The maximum Gasteiger partial charge on any atom is 0.0161 e. The zero-order valence-electron chi connectivity index (χ0n) is 6.25. The van der Waals surface area contributed by atoms with Crippen LogP contribution in [0.1, 0.15) is 0 Å². The third-order valence-corrected chi connectivity index (χ3v) is 2.50. The van der Waals surface area contributed by atoms with E-state index in [1.807, 2.05) is 17.8 Å². The van der Waals surface area contributed by atoms with E-state index < -0.39 is 0 Å². The van der Waals surface area contributed by atoms with E-state index in [9.17, 15) is 0 Å². The second-order valence-corrected chi connectivity index (χ2v) is 3.56. The first-order chi connectivity index (χ1) is 4.93. The van der Waals surface area contributed by atoms with E-state index in [0.717, 1.165) is 13.1 Å². The Morgan fingerprint density at radius 2 is 2.60 bits per heavy atom. The third-order valence-electron chi connectivity index (χ3n) is 1.56. The van der Waals surface area contributed by atoms with Crippen molar-refractivity contribution in [1.29, 1.82) is 0 Å². The van der Waals surface area contributed by atoms with Gasteiger partial charge in [-0.05, 0) is 12.2 Å². The Bertz CT molecular complexity index is 95.4. The number of nitrogens with zero attached hydrogens (tertiary/aromatic N) is 1. The zero-order chi connectivity index (χ0) is 7.23. The third kappa shape index (κ3) is 2.76. The topological polar surface area (TPSA) is 3.24 Å². The molecule has 0 atom stereocenters. The molecule has 1 aliphatic rings. The Hall–Kier alpha value is 0.0500. The van der Waals surface area contributed by atoms with E-state index in [1.54, 1.807) is 0 Å². The van der Waals surface area contributed by atoms with Crippen LogP contribution in [0.25, 0.3) is 0 Å². The molecule has 0 saturated carbocycles. The summed E-state index contributed by atoms with van der Waals surface area (Å²) in [5.41, 5.74) is 0. The van der Waals surface area contributed by atoms with Crippen molar-refractivity contribution in [3.8, 4) is 0 Å². The van der Waals surface area contributed by atoms with E-state index >= 15 is 0 Å². The van der Waals surface area contributed by atoms with Crippen molar-refractivity contribution in [1.82, 2.24) is 4.90 Å². The lowest BCUT2D eigenvalue weighted by Crippen LogP contribution is -2.25. The zero-order valence-corrected chi connectivity index (χ0v) is 7.07. The number of rotatable bonds is 2. The van der Waals surface area contributed by atoms with Gasteiger partial charge in [0.25, 0.3) is 0 Å². The van der Waals surface area contributed by atoms with Crippen LogP contribution >= 0.6 is 11.8 Å². The largest absolute Gasteiger partial charge is 0.299 e. The molecule has 0 aromatic rings. The van der Waals surface area contributed by atoms with Gasteiger partial charge in [0, 0.05) is 25.4 Å². The van der Waals surface area contributed by atoms with E-state index in [1.165, 1.54) is 18.1 Å². The lowest BCUT2D eigenvalue weighted by atomic mass is 10.4. The first kappa shape index (κ1) is 8.15. The predicted molar refractivity (Wildman–Crippen MR) is 48.3 cm³/mol. The molecular weight excluding hydrogens is 142 g/mol. The smallest absolute Gasteiger partial charge is 0.0161 e. The maximum atomic E-state index is 3.72. The molecule has 1 radical (unpaired) electrons. The number of thioether (sulfide) groups is 1. The van der Waals surface area contributed by atoms with E-state index in [0.29, 0.717) is 0 Å². The summed E-state index contributed by atoms with van der Waals surface area (Å²) in [6, 6.07) is 0. The Morgan fingerprint density at radius 3 is 3.40 bits per heavy atom. The molecule has 0 aromatic carbocycles. The van der Waals surface area contributed by atoms with Crippen molar-refractivity contribution < 1.29 is 0 Å². The summed E-state index contributed by atoms with van der Waals surface area (Å²) in [4.78, 5) is 2.41. The minimum absolute atomic E-state index is 1.04. The van der Waals surface area contributed by atoms with Crippen molar-refractivity contribution in [2.24, 2.45) is 0 Å². The quantitative estimate of drug-likeness (QED) is 0.556. The second kappa shape index (κ2) is 4.80. The van der Waals surface area contributed by atoms with Gasteiger partial charge in [-0.15, -0.1) is 6.58 Å². The van der Waals surface area contributed by atoms with Crippen LogP contribution in [0.2, 0.25) is 0 Å². The minimum Gasteiger partial charge on any atom is -0.299 e. The Morgan fingerprint density at radius 1 is 1.70 bits per heavy atom. The predicted octanol–water partition coefficient (Wildman–Crippen LogP) is 1.43. The summed E-state index contributed by atoms with van der Waals surface area (Å²) >= 11 is 2.01. The molecule has 1 nitrogen and oxygen atoms in total. The van der Waals surface area contributed by atoms with E-state index in [4.69, 9.17) is 0 Å². The molecule has 0 unspecified atom stereocenters. The lowest BCUT2D eigenvalue weighted by molar-refractivity contribution is 0.351. The van der Waals surface area contributed by atoms with Gasteiger partial charge in [-0.2, -0.15) is 11.8 Å². The molecule has 1 aliphatic heterocycles. The number of hydrogen-bond acceptors (Lipinski definition) is 2. The summed E-state index contributed by atoms with van der Waals surface area (Å²) < 4.78 is 0. The van der Waals surface area contributed by atoms with Crippen LogP contribution < -0.4 is 0 Å². The van der Waals surface area contributed by atoms with Gasteiger partial charge in [0.05, 0.1) is 0 Å². The average Bonchev–Trinajstić information content (AvgIpc) is 2.17. The van der Waals surface area contributed by atoms with Crippen LogP contribution in [0.4, 0.5) is 0 Å². The molecule has 1 heterocycles. The summed E-state index contributed by atoms with van der Waals surface area (Å²) in [6.07, 6.45) is 4.31. The van der Waals surface area contributed by atoms with Crippen LogP contribution in [0.15, 0.2) is 12.7 Å². The maximum absolute atomic E-state index is 3.72. The fourth-order valence-electron chi connectivity index (χ4n) is 1.04. The molecule has 0 spiro atoms. The molecule has 1 saturated heterocycles. The molecule has 1 fully saturated rings. The van der Waals surface area contributed by atoms with Gasteiger partial charge >= 0.3 is 0 Å². The average molecular weight is 156 g/mol. The Labute approximate surface area is 67.5 Å². The van der Waals surface area contributed by atoms with E-state index in [-0.39, 0.29) is 0 Å². The van der Waals surface area contributed by atoms with Gasteiger partial charge in [0.1, 0.15) is 0 Å². The Balaban J connectivity index is 2.21. The van der Waals surface area contributed by atoms with Gasteiger partial charge in [-0.1, -0.05) is 6.08 Å². The van der Waals surface area contributed by atoms with Gasteiger partial charge in [-0.3, -0.25) is 4.90 Å². The monoisotopic (exact) mass is 156 g/mol. The summed E-state index contributed by atoms with van der Waals surface area (Å²) in [5, 5.41) is 0. The fraction of sp³-hybridized carbons (Fsp3) is 0.625. The normalized spacial score (nSPS) is 22.0. The molecule has 0 amide bonds. The van der Waals surface area contributed by atoms with Crippen molar-refractivity contribution in [3.05, 3.63) is 19.1 Å². The molecule has 0 N–H and O–H groups in total. The summed E-state index contributed by atoms with van der Waals surface area (Å²) in [7, 11) is 0. The molecule has 1 rings (SSSR count). The van der Waals surface area contributed by atoms with Crippen LogP contribution in [-0.4, -0.2) is 36.0 Å². The highest BCUT2D eigenvalue weighted by Gasteiger charge is 2.06. The molecular formula is C8H14NS. The van der Waals surface area contributed by atoms with Crippen molar-refractivity contribution >= 4 is 11.8 Å². The van der Waals surface area contributed by atoms with Crippen LogP contribution in [0, 0.1) is 6.42 Å². The van der Waals surface area contributed by atoms with Crippen molar-refractivity contribution in [2.75, 3.05) is 31.1 Å². The van der Waals surface area contributed by atoms with Gasteiger partial charge < -0.3 is 0 Å². The highest BCUT2D eigenvalue weighted by atomic mass is 32.2. The van der Waals surface area contributed by atoms with Crippen LogP contribution in [-0.2, 0) is 0 Å². The van der Waals surface area contributed by atoms with Crippen LogP contribution in [0.5, 0.6) is 0 Å². The fourth-order valence-corrected chi connectivity index (χ4v) is 1.86. The first-order valence-electron chi connectivity index (χ1n) is 3.66. The van der Waals surface area contributed by atoms with Crippen molar-refractivity contribution in [2.45, 2.75) is 0 Å². The minimum atomic E-state index is 1.04. The Kier molecular flexibility index (Phi) is 3.91. The highest BCUT2D eigenvalue weighted by Crippen LogP contribution is 2.08. The molecule has 0 aliphatic carbocycles. The first-order valence-corrected chi connectivity index (χ1v) is 4.81. The van der Waals surface area contributed by atoms with Gasteiger partial charge in [-0.25, -0.2) is 0 Å². The summed E-state index contributed by atoms with van der Waals surface area (Å²) in [6.45, 7) is 7.12. The van der Waals surface area contributed by atoms with Gasteiger partial charge in [0.15, 0.2) is 0 Å². The molecule has 0 aromatic heterocycles. The highest BCUT2D eigenvalue weighted by molar-refractivity contribution is 7.99. The lowest BCUT2D eigenvalue weighted by Gasteiger charge is -2.15. The van der Waals surface area contributed by atoms with Gasteiger partial charge in [0.2, 0.25) is 0 Å². The molecule has 2 heteroatoms. The summed E-state index contributed by atoms with van der Waals surface area (Å²) in [5.74, 6) is 2.48. The van der Waals surface area contributed by atoms with Crippen molar-refractivity contribution in [3.63, 3.8) is 0 Å². The standard InChI is InChI=1S/C8H14NS/c1-2-4-9-5-3-7-10-8-6-9/h2-3H,1,4-8H2. The van der Waals surface area contributed by atoms with E-state index in [2.05, 4.69) is 17.9 Å². The molecule has 57 valence electrons. The SMILES string of the molecule is C=CCN1C[CH]CSCC1. The van der Waals surface area contributed by atoms with Crippen LogP contribution in [0.3, 0.4) is 0 Å². The molecule has 10 heavy (non-hydrogen) atoms.